The van der Waals surface area contributed by atoms with E-state index in [1.54, 1.807) is 0 Å². The number of nitrogens with one attached hydrogen (secondary N) is 2. The molecule has 0 unspecified atom stereocenters. The maximum absolute atomic E-state index is 11.6. The molecule has 0 aliphatic carbocycles. The fourth-order valence-electron chi connectivity index (χ4n) is 2.21. The molecule has 1 fully saturated rings. The minimum absolute atomic E-state index is 0.0167. The van der Waals surface area contributed by atoms with Crippen molar-refractivity contribution in [1.29, 1.82) is 0 Å². The van der Waals surface area contributed by atoms with Gasteiger partial charge in [0.05, 0.1) is 0 Å². The van der Waals surface area contributed by atoms with E-state index in [0.29, 0.717) is 18.8 Å². The molecule has 0 radical (unpaired) electrons. The molecule has 6 heteroatoms. The Hall–Kier alpha value is -1.56. The first-order chi connectivity index (χ1) is 8.18. The van der Waals surface area contributed by atoms with E-state index in [4.69, 9.17) is 9.84 Å². The SMILES string of the molecule is O=C(O)CCc1c(C2CCOCC2)[nH][nH]c1=O. The lowest BCUT2D eigenvalue weighted by molar-refractivity contribution is -0.136. The van der Waals surface area contributed by atoms with E-state index in [9.17, 15) is 9.59 Å². The van der Waals surface area contributed by atoms with Crippen LogP contribution in [-0.4, -0.2) is 34.5 Å². The number of aromatic amines is 2. The van der Waals surface area contributed by atoms with Crippen LogP contribution in [0.5, 0.6) is 0 Å². The number of hydrogen-bond donors (Lipinski definition) is 3. The topological polar surface area (TPSA) is 95.2 Å². The summed E-state index contributed by atoms with van der Waals surface area (Å²) in [5.74, 6) is -0.616. The van der Waals surface area contributed by atoms with Gasteiger partial charge in [-0.05, 0) is 19.3 Å². The number of H-pyrrole nitrogens is 2. The van der Waals surface area contributed by atoms with E-state index in [0.717, 1.165) is 18.5 Å². The third kappa shape index (κ3) is 2.76. The molecule has 0 aromatic carbocycles. The zero-order chi connectivity index (χ0) is 12.3. The van der Waals surface area contributed by atoms with E-state index in [2.05, 4.69) is 10.2 Å². The molecule has 0 amide bonds. The Labute approximate surface area is 98.0 Å². The van der Waals surface area contributed by atoms with Crippen LogP contribution in [0.25, 0.3) is 0 Å². The summed E-state index contributed by atoms with van der Waals surface area (Å²) in [7, 11) is 0. The monoisotopic (exact) mass is 240 g/mol. The molecule has 1 aliphatic heterocycles. The maximum Gasteiger partial charge on any atom is 0.303 e. The van der Waals surface area contributed by atoms with Crippen molar-refractivity contribution in [2.75, 3.05) is 13.2 Å². The zero-order valence-electron chi connectivity index (χ0n) is 9.49. The summed E-state index contributed by atoms with van der Waals surface area (Å²) in [5.41, 5.74) is 1.24. The highest BCUT2D eigenvalue weighted by molar-refractivity contribution is 5.67. The van der Waals surface area contributed by atoms with E-state index in [1.807, 2.05) is 0 Å². The first-order valence-corrected chi connectivity index (χ1v) is 5.77. The molecule has 1 aliphatic rings. The summed E-state index contributed by atoms with van der Waals surface area (Å²) in [6.45, 7) is 1.38. The zero-order valence-corrected chi connectivity index (χ0v) is 9.49. The lowest BCUT2D eigenvalue weighted by atomic mass is 9.92. The van der Waals surface area contributed by atoms with Gasteiger partial charge < -0.3 is 14.9 Å². The van der Waals surface area contributed by atoms with Crippen LogP contribution in [0, 0.1) is 0 Å². The Kier molecular flexibility index (Phi) is 3.63. The molecule has 0 atom stereocenters. The molecule has 17 heavy (non-hydrogen) atoms. The van der Waals surface area contributed by atoms with Crippen LogP contribution in [0.3, 0.4) is 0 Å². The van der Waals surface area contributed by atoms with Crippen LogP contribution in [-0.2, 0) is 16.0 Å². The molecule has 0 bridgehead atoms. The summed E-state index contributed by atoms with van der Waals surface area (Å²) in [5, 5.41) is 14.1. The number of carboxylic acid groups (broad SMARTS) is 1. The molecule has 1 aromatic rings. The van der Waals surface area contributed by atoms with Crippen molar-refractivity contribution in [2.45, 2.75) is 31.6 Å². The Morgan fingerprint density at radius 2 is 2.06 bits per heavy atom. The number of hydrogen-bond acceptors (Lipinski definition) is 3. The van der Waals surface area contributed by atoms with Gasteiger partial charge in [-0.3, -0.25) is 14.7 Å². The second kappa shape index (κ2) is 5.18. The van der Waals surface area contributed by atoms with Crippen molar-refractivity contribution in [3.8, 4) is 0 Å². The highest BCUT2D eigenvalue weighted by Crippen LogP contribution is 2.26. The molecular formula is C11H16N2O4. The smallest absolute Gasteiger partial charge is 0.303 e. The van der Waals surface area contributed by atoms with Gasteiger partial charge in [0.1, 0.15) is 0 Å². The average molecular weight is 240 g/mol. The molecule has 3 N–H and O–H groups in total. The third-order valence-corrected chi connectivity index (χ3v) is 3.13. The number of rotatable bonds is 4. The number of carbonyl (C=O) groups is 1. The second-order valence-corrected chi connectivity index (χ2v) is 4.25. The van der Waals surface area contributed by atoms with Crippen molar-refractivity contribution in [2.24, 2.45) is 0 Å². The van der Waals surface area contributed by atoms with Crippen LogP contribution < -0.4 is 5.56 Å². The van der Waals surface area contributed by atoms with Gasteiger partial charge in [0.15, 0.2) is 0 Å². The lowest BCUT2D eigenvalue weighted by Gasteiger charge is -2.21. The molecule has 1 aromatic heterocycles. The van der Waals surface area contributed by atoms with Crippen molar-refractivity contribution < 1.29 is 14.6 Å². The second-order valence-electron chi connectivity index (χ2n) is 4.25. The molecule has 1 saturated heterocycles. The normalized spacial score (nSPS) is 17.2. The number of aromatic nitrogens is 2. The van der Waals surface area contributed by atoms with Crippen molar-refractivity contribution in [1.82, 2.24) is 10.2 Å². The highest BCUT2D eigenvalue weighted by atomic mass is 16.5. The fraction of sp³-hybridized carbons (Fsp3) is 0.636. The molecule has 0 spiro atoms. The van der Waals surface area contributed by atoms with E-state index in [-0.39, 0.29) is 24.3 Å². The minimum atomic E-state index is -0.886. The Morgan fingerprint density at radius 1 is 1.35 bits per heavy atom. The van der Waals surface area contributed by atoms with Gasteiger partial charge in [-0.1, -0.05) is 0 Å². The lowest BCUT2D eigenvalue weighted by Crippen LogP contribution is -2.17. The van der Waals surface area contributed by atoms with E-state index < -0.39 is 5.97 Å². The first kappa shape index (κ1) is 11.9. The van der Waals surface area contributed by atoms with E-state index in [1.165, 1.54) is 0 Å². The van der Waals surface area contributed by atoms with Crippen LogP contribution in [0.15, 0.2) is 4.79 Å². The Morgan fingerprint density at radius 3 is 2.71 bits per heavy atom. The van der Waals surface area contributed by atoms with Gasteiger partial charge >= 0.3 is 5.97 Å². The van der Waals surface area contributed by atoms with Gasteiger partial charge in [0.25, 0.3) is 5.56 Å². The quantitative estimate of drug-likeness (QED) is 0.718. The number of aliphatic carboxylic acids is 1. The van der Waals surface area contributed by atoms with Crippen molar-refractivity contribution in [3.05, 3.63) is 21.6 Å². The van der Waals surface area contributed by atoms with Crippen LogP contribution in [0.1, 0.15) is 36.4 Å². The maximum atomic E-state index is 11.6. The van der Waals surface area contributed by atoms with Crippen molar-refractivity contribution in [3.63, 3.8) is 0 Å². The number of carboxylic acids is 1. The Balaban J connectivity index is 2.15. The molecule has 2 rings (SSSR count). The third-order valence-electron chi connectivity index (χ3n) is 3.13. The largest absolute Gasteiger partial charge is 0.481 e. The average Bonchev–Trinajstić information content (AvgIpc) is 2.69. The standard InChI is InChI=1S/C11H16N2O4/c14-9(15)2-1-8-10(12-13-11(8)16)7-3-5-17-6-4-7/h7H,1-6H2,(H,14,15)(H2,12,13,16). The van der Waals surface area contributed by atoms with Crippen LogP contribution in [0.4, 0.5) is 0 Å². The molecule has 6 nitrogen and oxygen atoms in total. The molecule has 0 saturated carbocycles. The summed E-state index contributed by atoms with van der Waals surface area (Å²) in [4.78, 5) is 22.1. The highest BCUT2D eigenvalue weighted by Gasteiger charge is 2.22. The van der Waals surface area contributed by atoms with E-state index >= 15 is 0 Å². The number of ether oxygens (including phenoxy) is 1. The summed E-state index contributed by atoms with van der Waals surface area (Å²) in [6, 6.07) is 0. The van der Waals surface area contributed by atoms with Gasteiger partial charge in [-0.2, -0.15) is 0 Å². The predicted molar refractivity (Wildman–Crippen MR) is 60.2 cm³/mol. The minimum Gasteiger partial charge on any atom is -0.481 e. The summed E-state index contributed by atoms with van der Waals surface area (Å²) in [6.07, 6.45) is 2.00. The molecule has 2 heterocycles. The predicted octanol–water partition coefficient (Wildman–Crippen LogP) is 0.614. The van der Waals surface area contributed by atoms with Gasteiger partial charge in [0, 0.05) is 36.8 Å². The molecule has 94 valence electrons. The summed E-state index contributed by atoms with van der Waals surface area (Å²) >= 11 is 0. The van der Waals surface area contributed by atoms with Gasteiger partial charge in [-0.15, -0.1) is 0 Å². The fourth-order valence-corrected chi connectivity index (χ4v) is 2.21. The van der Waals surface area contributed by atoms with Crippen molar-refractivity contribution >= 4 is 5.97 Å². The first-order valence-electron chi connectivity index (χ1n) is 5.77. The summed E-state index contributed by atoms with van der Waals surface area (Å²) < 4.78 is 5.27. The van der Waals surface area contributed by atoms with Gasteiger partial charge in [0.2, 0.25) is 0 Å². The Bertz CT molecular complexity index is 443. The van der Waals surface area contributed by atoms with Crippen LogP contribution >= 0.6 is 0 Å². The van der Waals surface area contributed by atoms with Crippen LogP contribution in [0.2, 0.25) is 0 Å². The van der Waals surface area contributed by atoms with Gasteiger partial charge in [-0.25, -0.2) is 0 Å². The molecular weight excluding hydrogens is 224 g/mol.